The Morgan fingerprint density at radius 2 is 2.16 bits per heavy atom. The maximum atomic E-state index is 12.7. The van der Waals surface area contributed by atoms with E-state index in [1.165, 1.54) is 6.07 Å². The van der Waals surface area contributed by atoms with Crippen molar-refractivity contribution in [3.8, 4) is 0 Å². The molecule has 25 heavy (non-hydrogen) atoms. The molecule has 0 amide bonds. The molecular formula is C17H16F3NO4. The van der Waals surface area contributed by atoms with Crippen molar-refractivity contribution >= 4 is 22.9 Å². The third-order valence-electron chi connectivity index (χ3n) is 4.37. The molecule has 3 rings (SSSR count). The van der Waals surface area contributed by atoms with Gasteiger partial charge in [0, 0.05) is 12.8 Å². The molecule has 1 fully saturated rings. The average molecular weight is 355 g/mol. The lowest BCUT2D eigenvalue weighted by Crippen LogP contribution is -2.30. The number of esters is 1. The van der Waals surface area contributed by atoms with Gasteiger partial charge >= 0.3 is 12.1 Å². The van der Waals surface area contributed by atoms with Crippen molar-refractivity contribution in [1.29, 1.82) is 0 Å². The Morgan fingerprint density at radius 3 is 2.84 bits per heavy atom. The number of ether oxygens (including phenoxy) is 1. The van der Waals surface area contributed by atoms with Crippen LogP contribution in [0, 0.1) is 11.8 Å². The Morgan fingerprint density at radius 1 is 1.40 bits per heavy atom. The highest BCUT2D eigenvalue weighted by Crippen LogP contribution is 2.32. The molecule has 1 aliphatic rings. The van der Waals surface area contributed by atoms with Gasteiger partial charge in [0.2, 0.25) is 5.89 Å². The fourth-order valence-electron chi connectivity index (χ4n) is 3.01. The lowest BCUT2D eigenvalue weighted by Gasteiger charge is -2.25. The standard InChI is InChI=1S/C17H16F3NO4/c1-9-6-11(22)3-4-12(9)16(23)24-8-15-21-13-7-10(17(18,19)20)2-5-14(13)25-15/h2,5,7,9,12H,3-4,6,8H2,1H3. The van der Waals surface area contributed by atoms with Crippen molar-refractivity contribution in [3.63, 3.8) is 0 Å². The molecule has 5 nitrogen and oxygen atoms in total. The van der Waals surface area contributed by atoms with Crippen LogP contribution in [0.5, 0.6) is 0 Å². The van der Waals surface area contributed by atoms with Gasteiger partial charge in [0.1, 0.15) is 11.3 Å². The highest BCUT2D eigenvalue weighted by atomic mass is 19.4. The van der Waals surface area contributed by atoms with Crippen LogP contribution in [0.4, 0.5) is 13.2 Å². The average Bonchev–Trinajstić information content (AvgIpc) is 2.93. The zero-order valence-corrected chi connectivity index (χ0v) is 13.4. The Bertz CT molecular complexity index is 812. The number of carbonyl (C=O) groups is 2. The molecule has 1 heterocycles. The van der Waals surface area contributed by atoms with Gasteiger partial charge < -0.3 is 9.15 Å². The van der Waals surface area contributed by atoms with E-state index in [9.17, 15) is 22.8 Å². The topological polar surface area (TPSA) is 69.4 Å². The van der Waals surface area contributed by atoms with Crippen molar-refractivity contribution in [1.82, 2.24) is 4.98 Å². The number of benzene rings is 1. The van der Waals surface area contributed by atoms with E-state index in [0.29, 0.717) is 19.3 Å². The minimum Gasteiger partial charge on any atom is -0.455 e. The van der Waals surface area contributed by atoms with E-state index >= 15 is 0 Å². The van der Waals surface area contributed by atoms with Crippen molar-refractivity contribution in [3.05, 3.63) is 29.7 Å². The second-order valence-electron chi connectivity index (χ2n) is 6.26. The van der Waals surface area contributed by atoms with Crippen LogP contribution in [0.15, 0.2) is 22.6 Å². The third kappa shape index (κ3) is 3.83. The zero-order chi connectivity index (χ0) is 18.2. The van der Waals surface area contributed by atoms with Crippen LogP contribution in [0.1, 0.15) is 37.6 Å². The van der Waals surface area contributed by atoms with E-state index in [-0.39, 0.29) is 41.2 Å². The predicted molar refractivity (Wildman–Crippen MR) is 80.3 cm³/mol. The number of aromatic nitrogens is 1. The summed E-state index contributed by atoms with van der Waals surface area (Å²) < 4.78 is 48.6. The second kappa shape index (κ2) is 6.50. The summed E-state index contributed by atoms with van der Waals surface area (Å²) in [5.74, 6) is -0.734. The van der Waals surface area contributed by atoms with Gasteiger partial charge in [-0.25, -0.2) is 4.98 Å². The number of alkyl halides is 3. The summed E-state index contributed by atoms with van der Waals surface area (Å²) in [5.41, 5.74) is -0.578. The molecule has 0 N–H and O–H groups in total. The summed E-state index contributed by atoms with van der Waals surface area (Å²) in [6.45, 7) is 1.56. The Hall–Kier alpha value is -2.38. The van der Waals surface area contributed by atoms with Crippen molar-refractivity contribution in [2.24, 2.45) is 11.8 Å². The van der Waals surface area contributed by atoms with Gasteiger partial charge in [-0.05, 0) is 30.5 Å². The molecule has 0 spiro atoms. The van der Waals surface area contributed by atoms with Gasteiger partial charge in [-0.3, -0.25) is 9.59 Å². The SMILES string of the molecule is CC1CC(=O)CCC1C(=O)OCc1nc2cc(C(F)(F)F)ccc2o1. The molecule has 0 aliphatic heterocycles. The number of Topliss-reactive ketones (excluding diaryl/α,β-unsaturated/α-hetero) is 1. The summed E-state index contributed by atoms with van der Waals surface area (Å²) in [6, 6.07) is 2.98. The minimum absolute atomic E-state index is 0.0298. The molecule has 2 aromatic rings. The van der Waals surface area contributed by atoms with Crippen molar-refractivity contribution < 1.29 is 31.9 Å². The highest BCUT2D eigenvalue weighted by Gasteiger charge is 2.33. The summed E-state index contributed by atoms with van der Waals surface area (Å²) in [5, 5.41) is 0. The van der Waals surface area contributed by atoms with Crippen LogP contribution in [0.3, 0.4) is 0 Å². The zero-order valence-electron chi connectivity index (χ0n) is 13.4. The van der Waals surface area contributed by atoms with E-state index in [1.807, 2.05) is 6.92 Å². The Kier molecular flexibility index (Phi) is 4.53. The highest BCUT2D eigenvalue weighted by molar-refractivity contribution is 5.83. The van der Waals surface area contributed by atoms with E-state index < -0.39 is 17.7 Å². The number of oxazole rings is 1. The fourth-order valence-corrected chi connectivity index (χ4v) is 3.01. The molecule has 1 aromatic carbocycles. The number of hydrogen-bond donors (Lipinski definition) is 0. The molecule has 2 atom stereocenters. The Balaban J connectivity index is 1.67. The maximum Gasteiger partial charge on any atom is 0.416 e. The van der Waals surface area contributed by atoms with Gasteiger partial charge in [0.25, 0.3) is 0 Å². The molecule has 8 heteroatoms. The molecule has 134 valence electrons. The summed E-state index contributed by atoms with van der Waals surface area (Å²) in [4.78, 5) is 27.4. The molecule has 1 aromatic heterocycles. The first-order chi connectivity index (χ1) is 11.7. The number of fused-ring (bicyclic) bond motifs is 1. The van der Waals surface area contributed by atoms with Crippen LogP contribution in [0.2, 0.25) is 0 Å². The normalized spacial score (nSPS) is 21.5. The second-order valence-corrected chi connectivity index (χ2v) is 6.26. The number of halogens is 3. The van der Waals surface area contributed by atoms with Crippen LogP contribution in [-0.4, -0.2) is 16.7 Å². The molecular weight excluding hydrogens is 339 g/mol. The first kappa shape index (κ1) is 17.4. The first-order valence-corrected chi connectivity index (χ1v) is 7.89. The van der Waals surface area contributed by atoms with Crippen molar-refractivity contribution in [2.75, 3.05) is 0 Å². The molecule has 1 aliphatic carbocycles. The van der Waals surface area contributed by atoms with E-state index in [0.717, 1.165) is 12.1 Å². The minimum atomic E-state index is -4.46. The van der Waals surface area contributed by atoms with Gasteiger partial charge in [0.15, 0.2) is 12.2 Å². The summed E-state index contributed by atoms with van der Waals surface area (Å²) in [6.07, 6.45) is -3.31. The van der Waals surface area contributed by atoms with Gasteiger partial charge in [-0.1, -0.05) is 6.92 Å². The number of carbonyl (C=O) groups excluding carboxylic acids is 2. The monoisotopic (exact) mass is 355 g/mol. The van der Waals surface area contributed by atoms with E-state index in [4.69, 9.17) is 9.15 Å². The maximum absolute atomic E-state index is 12.7. The molecule has 0 radical (unpaired) electrons. The molecule has 0 saturated heterocycles. The van der Waals surface area contributed by atoms with Crippen LogP contribution >= 0.6 is 0 Å². The van der Waals surface area contributed by atoms with E-state index in [1.54, 1.807) is 0 Å². The van der Waals surface area contributed by atoms with E-state index in [2.05, 4.69) is 4.98 Å². The van der Waals surface area contributed by atoms with Gasteiger partial charge in [-0.15, -0.1) is 0 Å². The predicted octanol–water partition coefficient (Wildman–Crippen LogP) is 3.90. The van der Waals surface area contributed by atoms with Gasteiger partial charge in [0.05, 0.1) is 11.5 Å². The fraction of sp³-hybridized carbons (Fsp3) is 0.471. The van der Waals surface area contributed by atoms with Crippen molar-refractivity contribution in [2.45, 2.75) is 39.0 Å². The third-order valence-corrected chi connectivity index (χ3v) is 4.37. The quantitative estimate of drug-likeness (QED) is 0.781. The lowest BCUT2D eigenvalue weighted by atomic mass is 9.80. The lowest BCUT2D eigenvalue weighted by molar-refractivity contribution is -0.154. The first-order valence-electron chi connectivity index (χ1n) is 7.89. The largest absolute Gasteiger partial charge is 0.455 e. The number of nitrogens with zero attached hydrogens (tertiary/aromatic N) is 1. The van der Waals surface area contributed by atoms with Gasteiger partial charge in [-0.2, -0.15) is 13.2 Å². The Labute approximate surface area is 141 Å². The molecule has 1 saturated carbocycles. The summed E-state index contributed by atoms with van der Waals surface area (Å²) >= 11 is 0. The van der Waals surface area contributed by atoms with Crippen LogP contribution < -0.4 is 0 Å². The molecule has 2 unspecified atom stereocenters. The number of rotatable bonds is 3. The summed E-state index contributed by atoms with van der Waals surface area (Å²) in [7, 11) is 0. The smallest absolute Gasteiger partial charge is 0.416 e. The van der Waals surface area contributed by atoms with Crippen LogP contribution in [0.25, 0.3) is 11.1 Å². The number of hydrogen-bond acceptors (Lipinski definition) is 5. The van der Waals surface area contributed by atoms with Crippen LogP contribution in [-0.2, 0) is 27.1 Å². The molecule has 0 bridgehead atoms. The number of ketones is 1.